The van der Waals surface area contributed by atoms with Crippen LogP contribution in [-0.2, 0) is 39.0 Å². The first-order chi connectivity index (χ1) is 1.00. The summed E-state index contributed by atoms with van der Waals surface area (Å²) in [7, 11) is 0. The number of hydrogen-bond acceptors (Lipinski definition) is 1. The summed E-state index contributed by atoms with van der Waals surface area (Å²) < 4.78 is 7.94. The normalized spacial score (nSPS) is 1.00. The monoisotopic (exact) mass is 215 g/mol. The molecule has 0 atom stereocenters. The van der Waals surface area contributed by atoms with Crippen molar-refractivity contribution >= 4 is 36.2 Å². The third kappa shape index (κ3) is 23.5. The third-order valence-electron chi connectivity index (χ3n) is 0. The van der Waals surface area contributed by atoms with Crippen LogP contribution in [0.2, 0.25) is 0 Å². The van der Waals surface area contributed by atoms with Crippen LogP contribution in [0.5, 0.6) is 0 Å². The molecule has 5 heteroatoms. The second kappa shape index (κ2) is 36.6. The molecule has 0 saturated heterocycles. The Morgan fingerprint density at radius 3 is 1.20 bits per heavy atom. The predicted molar refractivity (Wildman–Crippen MR) is 17.8 cm³/mol. The molecule has 0 bridgehead atoms. The van der Waals surface area contributed by atoms with Crippen molar-refractivity contribution in [2.75, 3.05) is 0 Å². The predicted octanol–water partition coefficient (Wildman–Crippen LogP) is -1.96. The minimum atomic E-state index is 0. The molecule has 0 aliphatic carbocycles. The van der Waals surface area contributed by atoms with Crippen LogP contribution in [0.3, 0.4) is 0 Å². The van der Waals surface area contributed by atoms with Gasteiger partial charge in [-0.25, -0.2) is 0 Å². The van der Waals surface area contributed by atoms with Crippen molar-refractivity contribution in [1.82, 2.24) is 0 Å². The SMILES string of the molecule is [AlH3].[LiH].[O]=[Co].[Ru]. The van der Waals surface area contributed by atoms with Crippen molar-refractivity contribution in [1.29, 1.82) is 0 Å². The molecule has 0 spiro atoms. The zero-order valence-electron chi connectivity index (χ0n) is 1.10. The molecule has 31 valence electrons. The van der Waals surface area contributed by atoms with Crippen molar-refractivity contribution in [3.63, 3.8) is 0 Å². The summed E-state index contributed by atoms with van der Waals surface area (Å²) in [6.45, 7) is 0. The van der Waals surface area contributed by atoms with E-state index in [0.717, 1.165) is 0 Å². The first-order valence-electron chi connectivity index (χ1n) is 0.136. The Labute approximate surface area is 74.5 Å². The second-order valence-corrected chi connectivity index (χ2v) is 0. The Hall–Kier alpha value is 2.06. The van der Waals surface area contributed by atoms with Crippen LogP contribution in [0.1, 0.15) is 0 Å². The van der Waals surface area contributed by atoms with Crippen LogP contribution in [0, 0.1) is 0 Å². The smallest absolute Gasteiger partial charge is 0 e. The molecule has 0 amide bonds. The molecule has 0 saturated carbocycles. The maximum atomic E-state index is 7.94. The van der Waals surface area contributed by atoms with Gasteiger partial charge in [0.2, 0.25) is 0 Å². The summed E-state index contributed by atoms with van der Waals surface area (Å²) in [5, 5.41) is 0. The standard InChI is InChI=1S/Al.Co.Li.O.Ru.4H. The Balaban J connectivity index is -0.00000000167. The van der Waals surface area contributed by atoms with Crippen LogP contribution in [0.25, 0.3) is 0 Å². The molecule has 0 radical (unpaired) electrons. The average molecular weight is 214 g/mol. The van der Waals surface area contributed by atoms with Crippen molar-refractivity contribution in [2.24, 2.45) is 0 Å². The van der Waals surface area contributed by atoms with Gasteiger partial charge >= 0.3 is 38.4 Å². The Morgan fingerprint density at radius 2 is 1.20 bits per heavy atom. The minimum absolute atomic E-state index is 0. The molecular weight excluding hydrogens is 210 g/mol. The van der Waals surface area contributed by atoms with E-state index in [0.29, 0.717) is 0 Å². The molecule has 5 heavy (non-hydrogen) atoms. The molecular formula is H4AlCoLiORu. The van der Waals surface area contributed by atoms with Crippen LogP contribution in [0.15, 0.2) is 0 Å². The van der Waals surface area contributed by atoms with Gasteiger partial charge in [0.05, 0.1) is 0 Å². The molecule has 1 nitrogen and oxygen atoms in total. The zero-order valence-corrected chi connectivity index (χ0v) is 3.87. The molecule has 0 aliphatic heterocycles. The molecule has 0 N–H and O–H groups in total. The molecule has 0 aromatic carbocycles. The van der Waals surface area contributed by atoms with Crippen molar-refractivity contribution in [3.8, 4) is 0 Å². The van der Waals surface area contributed by atoms with Gasteiger partial charge in [0.15, 0.2) is 17.4 Å². The van der Waals surface area contributed by atoms with Gasteiger partial charge in [-0.05, 0) is 0 Å². The quantitative estimate of drug-likeness (QED) is 0.428. The van der Waals surface area contributed by atoms with E-state index in [1.807, 2.05) is 0 Å². The molecule has 0 aromatic rings. The second-order valence-electron chi connectivity index (χ2n) is 0. The van der Waals surface area contributed by atoms with Gasteiger partial charge in [-0.1, -0.05) is 0 Å². The average Bonchev–Trinajstić information content (AvgIpc) is 1.00. The summed E-state index contributed by atoms with van der Waals surface area (Å²) >= 11 is 2.31. The van der Waals surface area contributed by atoms with Gasteiger partial charge in [-0.2, -0.15) is 0 Å². The van der Waals surface area contributed by atoms with Gasteiger partial charge in [0.25, 0.3) is 0 Å². The number of hydrogen-bond donors (Lipinski definition) is 0. The fourth-order valence-electron chi connectivity index (χ4n) is 0. The van der Waals surface area contributed by atoms with Gasteiger partial charge in [-0.15, -0.1) is 0 Å². The van der Waals surface area contributed by atoms with Crippen LogP contribution in [-0.4, -0.2) is 36.2 Å². The van der Waals surface area contributed by atoms with E-state index in [-0.39, 0.29) is 55.7 Å². The summed E-state index contributed by atoms with van der Waals surface area (Å²) in [4.78, 5) is 0. The Kier molecular flexibility index (Phi) is 203. The van der Waals surface area contributed by atoms with E-state index in [9.17, 15) is 0 Å². The van der Waals surface area contributed by atoms with E-state index in [1.54, 1.807) is 0 Å². The van der Waals surface area contributed by atoms with Crippen LogP contribution in [0.4, 0.5) is 0 Å². The maximum absolute atomic E-state index is 7.94. The third-order valence-corrected chi connectivity index (χ3v) is 0. The molecule has 0 rings (SSSR count). The number of rotatable bonds is 0. The van der Waals surface area contributed by atoms with Gasteiger partial charge in [-0.3, -0.25) is 0 Å². The van der Waals surface area contributed by atoms with Crippen molar-refractivity contribution < 1.29 is 39.0 Å². The summed E-state index contributed by atoms with van der Waals surface area (Å²) in [6, 6.07) is 0. The van der Waals surface area contributed by atoms with Gasteiger partial charge < -0.3 is 0 Å². The van der Waals surface area contributed by atoms with E-state index in [4.69, 9.17) is 3.87 Å². The summed E-state index contributed by atoms with van der Waals surface area (Å²) in [5.41, 5.74) is 0. The van der Waals surface area contributed by atoms with Gasteiger partial charge in [0.1, 0.15) is 0 Å². The van der Waals surface area contributed by atoms with E-state index < -0.39 is 0 Å². The first-order valence-corrected chi connectivity index (χ1v) is 0.561. The van der Waals surface area contributed by atoms with Crippen LogP contribution >= 0.6 is 0 Å². The molecule has 0 unspecified atom stereocenters. The molecule has 0 aromatic heterocycles. The Morgan fingerprint density at radius 1 is 1.20 bits per heavy atom. The van der Waals surface area contributed by atoms with Crippen LogP contribution < -0.4 is 0 Å². The largest absolute Gasteiger partial charge is 0 e. The van der Waals surface area contributed by atoms with E-state index in [2.05, 4.69) is 15.7 Å². The summed E-state index contributed by atoms with van der Waals surface area (Å²) in [6.07, 6.45) is 0. The maximum Gasteiger partial charge on any atom is 0 e. The van der Waals surface area contributed by atoms with E-state index in [1.165, 1.54) is 0 Å². The fraction of sp³-hybridized carbons (Fsp3) is 0. The zero-order chi connectivity index (χ0) is 2.00. The van der Waals surface area contributed by atoms with Crippen molar-refractivity contribution in [2.45, 2.75) is 0 Å². The first kappa shape index (κ1) is 27.7. The molecule has 0 aliphatic rings. The summed E-state index contributed by atoms with van der Waals surface area (Å²) in [5.74, 6) is 0. The van der Waals surface area contributed by atoms with Gasteiger partial charge in [0, 0.05) is 19.5 Å². The minimum Gasteiger partial charge on any atom is 0 e. The molecule has 0 fully saturated rings. The fourth-order valence-corrected chi connectivity index (χ4v) is 0. The Bertz CT molecular complexity index is 11.6. The van der Waals surface area contributed by atoms with E-state index >= 15 is 0 Å². The van der Waals surface area contributed by atoms with Crippen molar-refractivity contribution in [3.05, 3.63) is 0 Å². The molecule has 0 heterocycles. The topological polar surface area (TPSA) is 17.1 Å².